The molecule has 0 aliphatic heterocycles. The van der Waals surface area contributed by atoms with E-state index in [-0.39, 0.29) is 5.78 Å². The van der Waals surface area contributed by atoms with Crippen molar-refractivity contribution in [3.05, 3.63) is 178 Å². The van der Waals surface area contributed by atoms with Gasteiger partial charge in [-0.1, -0.05) is 121 Å². The van der Waals surface area contributed by atoms with Crippen molar-refractivity contribution in [2.24, 2.45) is 0 Å². The molecular weight excluding hydrogens is 676 g/mol. The van der Waals surface area contributed by atoms with Gasteiger partial charge < -0.3 is 9.47 Å². The van der Waals surface area contributed by atoms with Gasteiger partial charge in [-0.05, 0) is 79.4 Å². The Morgan fingerprint density at radius 3 is 1.30 bits per heavy atom. The lowest BCUT2D eigenvalue weighted by Crippen LogP contribution is -2.51. The van der Waals surface area contributed by atoms with Crippen LogP contribution in [0.2, 0.25) is 0 Å². The van der Waals surface area contributed by atoms with Gasteiger partial charge in [0.25, 0.3) is 0 Å². The molecule has 0 fully saturated rings. The number of ketones is 1. The Kier molecular flexibility index (Phi) is 9.15. The third kappa shape index (κ3) is 6.17. The number of hydrogen-bond acceptors (Lipinski definition) is 3. The molecule has 6 rings (SSSR count). The van der Waals surface area contributed by atoms with E-state index in [1.54, 1.807) is 0 Å². The van der Waals surface area contributed by atoms with Gasteiger partial charge in [0.1, 0.15) is 22.7 Å². The van der Waals surface area contributed by atoms with Crippen LogP contribution in [-0.2, 0) is 4.79 Å². The standard InChI is InChI=1S/C39H32Br2O3/c40-31-21-9-11-23-33(31)43-38(25-13-3-14-26-38)35(29-17-5-1-6-18-29)37(42)36(30-19-7-2-8-20-30)39(27-15-4-16-28-39)44-34-24-12-10-22-32(34)41/h1-25,27,35-36H,26,28H2. The van der Waals surface area contributed by atoms with Crippen molar-refractivity contribution in [3.8, 4) is 11.5 Å². The first-order chi connectivity index (χ1) is 21.5. The maximum atomic E-state index is 15.7. The minimum Gasteiger partial charge on any atom is -0.481 e. The van der Waals surface area contributed by atoms with Gasteiger partial charge in [0, 0.05) is 12.8 Å². The maximum absolute atomic E-state index is 15.7. The normalized spacial score (nSPS) is 21.9. The first kappa shape index (κ1) is 30.1. The third-order valence-electron chi connectivity index (χ3n) is 8.21. The van der Waals surface area contributed by atoms with Crippen molar-refractivity contribution in [1.29, 1.82) is 0 Å². The molecule has 0 saturated carbocycles. The highest BCUT2D eigenvalue weighted by atomic mass is 79.9. The van der Waals surface area contributed by atoms with Gasteiger partial charge in [0.15, 0.2) is 5.78 Å². The fourth-order valence-electron chi connectivity index (χ4n) is 6.23. The van der Waals surface area contributed by atoms with Crippen LogP contribution in [0, 0.1) is 0 Å². The minimum absolute atomic E-state index is 0.0152. The first-order valence-corrected chi connectivity index (χ1v) is 16.3. The molecule has 0 heterocycles. The quantitative estimate of drug-likeness (QED) is 0.165. The van der Waals surface area contributed by atoms with Gasteiger partial charge in [0.05, 0.1) is 20.8 Å². The van der Waals surface area contributed by atoms with Gasteiger partial charge in [-0.25, -0.2) is 0 Å². The molecule has 3 nitrogen and oxygen atoms in total. The summed E-state index contributed by atoms with van der Waals surface area (Å²) in [5.74, 6) is 0.0399. The second kappa shape index (κ2) is 13.4. The van der Waals surface area contributed by atoms with Crippen molar-refractivity contribution < 1.29 is 14.3 Å². The molecule has 0 aromatic heterocycles. The smallest absolute Gasteiger partial charge is 0.156 e. The molecule has 0 saturated heterocycles. The highest BCUT2D eigenvalue weighted by Gasteiger charge is 2.53. The van der Waals surface area contributed by atoms with E-state index in [0.29, 0.717) is 24.3 Å². The van der Waals surface area contributed by atoms with E-state index in [1.807, 2.05) is 146 Å². The van der Waals surface area contributed by atoms with E-state index < -0.39 is 23.0 Å². The number of hydrogen-bond donors (Lipinski definition) is 0. The molecule has 220 valence electrons. The lowest BCUT2D eigenvalue weighted by molar-refractivity contribution is -0.129. The molecule has 0 radical (unpaired) electrons. The average Bonchev–Trinajstić information content (AvgIpc) is 3.05. The molecule has 0 amide bonds. The summed E-state index contributed by atoms with van der Waals surface area (Å²) in [5.41, 5.74) is -0.215. The van der Waals surface area contributed by atoms with Gasteiger partial charge in [-0.15, -0.1) is 0 Å². The molecule has 4 aromatic carbocycles. The second-order valence-corrected chi connectivity index (χ2v) is 12.8. The third-order valence-corrected chi connectivity index (χ3v) is 9.52. The molecule has 0 N–H and O–H groups in total. The Hall–Kier alpha value is -3.93. The lowest BCUT2D eigenvalue weighted by Gasteiger charge is -2.44. The molecule has 5 heteroatoms. The molecule has 4 atom stereocenters. The summed E-state index contributed by atoms with van der Waals surface area (Å²) in [6, 6.07) is 35.6. The fourth-order valence-corrected chi connectivity index (χ4v) is 6.96. The molecule has 44 heavy (non-hydrogen) atoms. The summed E-state index contributed by atoms with van der Waals surface area (Å²) >= 11 is 7.35. The SMILES string of the molecule is O=C(C(c1ccccc1)C1(Oc2ccccc2Br)C=CC=CC1)C(c1ccccc1)C1(Oc2ccccc2Br)C=CC=CC1. The van der Waals surface area contributed by atoms with Crippen LogP contribution in [0.3, 0.4) is 0 Å². The largest absolute Gasteiger partial charge is 0.481 e. The van der Waals surface area contributed by atoms with Gasteiger partial charge in [-0.2, -0.15) is 0 Å². The number of para-hydroxylation sites is 2. The highest BCUT2D eigenvalue weighted by molar-refractivity contribution is 9.10. The van der Waals surface area contributed by atoms with Crippen molar-refractivity contribution in [2.75, 3.05) is 0 Å². The van der Waals surface area contributed by atoms with Crippen molar-refractivity contribution in [2.45, 2.75) is 35.9 Å². The molecular formula is C39H32Br2O3. The van der Waals surface area contributed by atoms with Crippen LogP contribution in [0.5, 0.6) is 11.5 Å². The Balaban J connectivity index is 1.55. The van der Waals surface area contributed by atoms with Crippen LogP contribution in [0.1, 0.15) is 35.8 Å². The van der Waals surface area contributed by atoms with E-state index >= 15 is 4.79 Å². The van der Waals surface area contributed by atoms with Gasteiger partial charge in [0.2, 0.25) is 0 Å². The summed E-state index contributed by atoms with van der Waals surface area (Å²) in [6.45, 7) is 0. The van der Waals surface area contributed by atoms with Crippen LogP contribution in [-0.4, -0.2) is 17.0 Å². The number of carbonyl (C=O) groups excluding carboxylic acids is 1. The number of carbonyl (C=O) groups is 1. The van der Waals surface area contributed by atoms with Crippen molar-refractivity contribution in [3.63, 3.8) is 0 Å². The molecule has 4 aromatic rings. The Labute approximate surface area is 275 Å². The van der Waals surface area contributed by atoms with E-state index in [0.717, 1.165) is 20.1 Å². The van der Waals surface area contributed by atoms with Crippen LogP contribution >= 0.6 is 31.9 Å². The summed E-state index contributed by atoms with van der Waals surface area (Å²) in [6.07, 6.45) is 17.3. The summed E-state index contributed by atoms with van der Waals surface area (Å²) in [7, 11) is 0. The average molecular weight is 708 g/mol. The summed E-state index contributed by atoms with van der Waals surface area (Å²) in [5, 5.41) is 0. The molecule has 4 unspecified atom stereocenters. The zero-order chi connectivity index (χ0) is 30.4. The number of halogens is 2. The van der Waals surface area contributed by atoms with Crippen LogP contribution in [0.4, 0.5) is 0 Å². The topological polar surface area (TPSA) is 35.5 Å². The Morgan fingerprint density at radius 1 is 0.545 bits per heavy atom. The number of rotatable bonds is 10. The van der Waals surface area contributed by atoms with Crippen LogP contribution in [0.25, 0.3) is 0 Å². The van der Waals surface area contributed by atoms with Crippen molar-refractivity contribution in [1.82, 2.24) is 0 Å². The molecule has 2 aliphatic carbocycles. The van der Waals surface area contributed by atoms with Crippen LogP contribution in [0.15, 0.2) is 167 Å². The van der Waals surface area contributed by atoms with Crippen molar-refractivity contribution >= 4 is 37.6 Å². The monoisotopic (exact) mass is 706 g/mol. The number of benzene rings is 4. The van der Waals surface area contributed by atoms with E-state index in [2.05, 4.69) is 44.0 Å². The Morgan fingerprint density at radius 2 is 0.932 bits per heavy atom. The second-order valence-electron chi connectivity index (χ2n) is 11.0. The predicted molar refractivity (Wildman–Crippen MR) is 184 cm³/mol. The molecule has 0 bridgehead atoms. The Bertz CT molecular complexity index is 1600. The zero-order valence-electron chi connectivity index (χ0n) is 24.1. The number of allylic oxidation sites excluding steroid dienone is 4. The number of ether oxygens (including phenoxy) is 2. The maximum Gasteiger partial charge on any atom is 0.156 e. The summed E-state index contributed by atoms with van der Waals surface area (Å²) < 4.78 is 15.6. The van der Waals surface area contributed by atoms with Gasteiger partial charge >= 0.3 is 0 Å². The lowest BCUT2D eigenvalue weighted by atomic mass is 9.66. The van der Waals surface area contributed by atoms with Gasteiger partial charge in [-0.3, -0.25) is 4.79 Å². The minimum atomic E-state index is -0.993. The van der Waals surface area contributed by atoms with E-state index in [9.17, 15) is 0 Å². The first-order valence-electron chi connectivity index (χ1n) is 14.7. The van der Waals surface area contributed by atoms with Crippen LogP contribution < -0.4 is 9.47 Å². The predicted octanol–water partition coefficient (Wildman–Crippen LogP) is 10.3. The van der Waals surface area contributed by atoms with E-state index in [4.69, 9.17) is 9.47 Å². The number of Topliss-reactive ketones (excluding diaryl/α,β-unsaturated/α-hetero) is 1. The fraction of sp³-hybridized carbons (Fsp3) is 0.154. The van der Waals surface area contributed by atoms with E-state index in [1.165, 1.54) is 0 Å². The molecule has 2 aliphatic rings. The molecule has 0 spiro atoms. The summed E-state index contributed by atoms with van der Waals surface area (Å²) in [4.78, 5) is 15.7. The highest BCUT2D eigenvalue weighted by Crippen LogP contribution is 2.48. The zero-order valence-corrected chi connectivity index (χ0v) is 27.2.